The molecule has 2 aromatic heterocycles. The number of fused-ring (bicyclic) bond motifs is 1. The van der Waals surface area contributed by atoms with Crippen molar-refractivity contribution in [3.8, 4) is 17.1 Å². The molecule has 0 atom stereocenters. The zero-order valence-corrected chi connectivity index (χ0v) is 15.8. The van der Waals surface area contributed by atoms with Crippen molar-refractivity contribution in [1.82, 2.24) is 9.97 Å². The predicted octanol–water partition coefficient (Wildman–Crippen LogP) is 4.59. The van der Waals surface area contributed by atoms with Crippen molar-refractivity contribution in [2.45, 2.75) is 19.9 Å². The summed E-state index contributed by atoms with van der Waals surface area (Å²) in [5.74, 6) is 0.222. The Hall–Kier alpha value is -2.25. The third-order valence-corrected chi connectivity index (χ3v) is 3.92. The Morgan fingerprint density at radius 1 is 1.12 bits per heavy atom. The minimum Gasteiger partial charge on any atom is -0.496 e. The fraction of sp³-hybridized carbons (Fsp3) is 0.333. The second-order valence-corrected chi connectivity index (χ2v) is 6.45. The van der Waals surface area contributed by atoms with Crippen LogP contribution in [0.3, 0.4) is 0 Å². The first-order chi connectivity index (χ1) is 12.0. The van der Waals surface area contributed by atoms with Crippen molar-refractivity contribution in [3.63, 3.8) is 0 Å². The van der Waals surface area contributed by atoms with Crippen LogP contribution in [0, 0.1) is 5.82 Å². The van der Waals surface area contributed by atoms with Gasteiger partial charge in [0.1, 0.15) is 22.8 Å². The second-order valence-electron chi connectivity index (χ2n) is 5.59. The van der Waals surface area contributed by atoms with E-state index < -0.39 is 0 Å². The molecule has 0 aliphatic carbocycles. The predicted molar refractivity (Wildman–Crippen MR) is 101 cm³/mol. The molecular weight excluding hydrogens is 341 g/mol. The van der Waals surface area contributed by atoms with Gasteiger partial charge in [0.25, 0.3) is 0 Å². The lowest BCUT2D eigenvalue weighted by molar-refractivity contribution is 0.277. The highest BCUT2D eigenvalue weighted by atomic mass is 32.1. The van der Waals surface area contributed by atoms with Crippen molar-refractivity contribution in [3.05, 3.63) is 35.5 Å². The van der Waals surface area contributed by atoms with Gasteiger partial charge in [-0.05, 0) is 26.0 Å². The lowest BCUT2D eigenvalue weighted by Crippen LogP contribution is -2.09. The van der Waals surface area contributed by atoms with E-state index in [1.807, 2.05) is 19.2 Å². The van der Waals surface area contributed by atoms with Crippen LogP contribution in [0.5, 0.6) is 5.75 Å². The van der Waals surface area contributed by atoms with Gasteiger partial charge in [-0.3, -0.25) is 0 Å². The Kier molecular flexibility index (Phi) is 6.66. The standard InChI is InChI=1S/C16H16FN3OS.C2H6O/c1-9(2)18-16-20-13(8-22-16)12-7-14(21-3)10-5-4-6-11(17)15(10)19-12;1-3-2/h4-9H,1-3H3,(H,18,20);1-2H3. The quantitative estimate of drug-likeness (QED) is 0.735. The Bertz CT molecular complexity index is 836. The molecule has 7 heteroatoms. The highest BCUT2D eigenvalue weighted by molar-refractivity contribution is 7.14. The van der Waals surface area contributed by atoms with E-state index in [0.29, 0.717) is 34.1 Å². The number of para-hydroxylation sites is 1. The number of halogens is 1. The van der Waals surface area contributed by atoms with Crippen molar-refractivity contribution < 1.29 is 13.9 Å². The summed E-state index contributed by atoms with van der Waals surface area (Å²) in [7, 11) is 4.82. The van der Waals surface area contributed by atoms with E-state index in [1.165, 1.54) is 17.4 Å². The summed E-state index contributed by atoms with van der Waals surface area (Å²) < 4.78 is 23.6. The van der Waals surface area contributed by atoms with Gasteiger partial charge in [-0.15, -0.1) is 11.3 Å². The average Bonchev–Trinajstić information content (AvgIpc) is 3.03. The van der Waals surface area contributed by atoms with Crippen molar-refractivity contribution in [2.24, 2.45) is 0 Å². The summed E-state index contributed by atoms with van der Waals surface area (Å²) in [6.45, 7) is 4.10. The molecule has 2 heterocycles. The van der Waals surface area contributed by atoms with Gasteiger partial charge in [-0.2, -0.15) is 0 Å². The van der Waals surface area contributed by atoms with Crippen LogP contribution < -0.4 is 10.1 Å². The first-order valence-corrected chi connectivity index (χ1v) is 8.64. The number of rotatable bonds is 4. The van der Waals surface area contributed by atoms with Crippen LogP contribution in [0.4, 0.5) is 9.52 Å². The second kappa shape index (κ2) is 8.73. The molecule has 0 bridgehead atoms. The molecule has 1 N–H and O–H groups in total. The third-order valence-electron chi connectivity index (χ3n) is 3.15. The van der Waals surface area contributed by atoms with Gasteiger partial charge < -0.3 is 14.8 Å². The molecule has 0 aliphatic heterocycles. The SMILES string of the molecule is COC.COc1cc(-c2csc(NC(C)C)n2)nc2c(F)cccc12. The minimum atomic E-state index is -0.367. The number of anilines is 1. The fourth-order valence-electron chi connectivity index (χ4n) is 2.19. The molecule has 0 radical (unpaired) electrons. The molecule has 0 amide bonds. The number of ether oxygens (including phenoxy) is 2. The summed E-state index contributed by atoms with van der Waals surface area (Å²) in [6, 6.07) is 6.92. The molecular formula is C18H22FN3O2S. The topological polar surface area (TPSA) is 56.3 Å². The molecule has 0 spiro atoms. The minimum absolute atomic E-state index is 0.295. The van der Waals surface area contributed by atoms with Crippen molar-refractivity contribution in [2.75, 3.05) is 26.6 Å². The molecule has 25 heavy (non-hydrogen) atoms. The highest BCUT2D eigenvalue weighted by Crippen LogP contribution is 2.32. The van der Waals surface area contributed by atoms with E-state index in [9.17, 15) is 4.39 Å². The Morgan fingerprint density at radius 2 is 1.84 bits per heavy atom. The fourth-order valence-corrected chi connectivity index (χ4v) is 3.04. The molecule has 1 aromatic carbocycles. The van der Waals surface area contributed by atoms with E-state index in [-0.39, 0.29) is 5.82 Å². The number of hydrogen-bond donors (Lipinski definition) is 1. The average molecular weight is 363 g/mol. The summed E-state index contributed by atoms with van der Waals surface area (Å²) in [5.41, 5.74) is 1.60. The van der Waals surface area contributed by atoms with Crippen LogP contribution >= 0.6 is 11.3 Å². The molecule has 134 valence electrons. The number of hydrogen-bond acceptors (Lipinski definition) is 6. The number of aromatic nitrogens is 2. The van der Waals surface area contributed by atoms with E-state index in [1.54, 1.807) is 39.5 Å². The molecule has 3 aromatic rings. The lowest BCUT2D eigenvalue weighted by Gasteiger charge is -2.08. The maximum Gasteiger partial charge on any atom is 0.183 e. The van der Waals surface area contributed by atoms with E-state index in [0.717, 1.165) is 5.13 Å². The zero-order chi connectivity index (χ0) is 18.4. The van der Waals surface area contributed by atoms with Crippen molar-refractivity contribution >= 4 is 27.4 Å². The number of pyridine rings is 1. The van der Waals surface area contributed by atoms with Gasteiger partial charge in [0.2, 0.25) is 0 Å². The monoisotopic (exact) mass is 363 g/mol. The number of thiazole rings is 1. The summed E-state index contributed by atoms with van der Waals surface area (Å²) in [5, 5.41) is 6.62. The van der Waals surface area contributed by atoms with Crippen LogP contribution in [-0.4, -0.2) is 37.3 Å². The van der Waals surface area contributed by atoms with Gasteiger partial charge in [-0.1, -0.05) is 6.07 Å². The molecule has 0 saturated heterocycles. The maximum absolute atomic E-state index is 14.0. The van der Waals surface area contributed by atoms with Gasteiger partial charge in [0.15, 0.2) is 5.13 Å². The zero-order valence-electron chi connectivity index (χ0n) is 15.0. The lowest BCUT2D eigenvalue weighted by atomic mass is 10.1. The molecule has 0 aliphatic rings. The van der Waals surface area contributed by atoms with Crippen LogP contribution in [-0.2, 0) is 4.74 Å². The summed E-state index contributed by atoms with van der Waals surface area (Å²) >= 11 is 1.50. The van der Waals surface area contributed by atoms with E-state index in [4.69, 9.17) is 4.74 Å². The number of methoxy groups -OCH3 is 2. The largest absolute Gasteiger partial charge is 0.496 e. The number of benzene rings is 1. The molecule has 0 fully saturated rings. The first-order valence-electron chi connectivity index (χ1n) is 7.76. The van der Waals surface area contributed by atoms with Gasteiger partial charge >= 0.3 is 0 Å². The van der Waals surface area contributed by atoms with E-state index >= 15 is 0 Å². The maximum atomic E-state index is 14.0. The molecule has 5 nitrogen and oxygen atoms in total. The molecule has 0 unspecified atom stereocenters. The van der Waals surface area contributed by atoms with Crippen molar-refractivity contribution in [1.29, 1.82) is 0 Å². The van der Waals surface area contributed by atoms with Crippen LogP contribution in [0.15, 0.2) is 29.6 Å². The Balaban J connectivity index is 0.000000701. The first kappa shape index (κ1) is 19.1. The normalized spacial score (nSPS) is 10.5. The van der Waals surface area contributed by atoms with E-state index in [2.05, 4.69) is 20.0 Å². The Morgan fingerprint density at radius 3 is 2.48 bits per heavy atom. The van der Waals surface area contributed by atoms with Crippen LogP contribution in [0.25, 0.3) is 22.3 Å². The third kappa shape index (κ3) is 4.64. The van der Waals surface area contributed by atoms with Gasteiger partial charge in [-0.25, -0.2) is 14.4 Å². The van der Waals surface area contributed by atoms with Crippen LogP contribution in [0.2, 0.25) is 0 Å². The Labute approximate surface area is 150 Å². The molecule has 0 saturated carbocycles. The van der Waals surface area contributed by atoms with Crippen LogP contribution in [0.1, 0.15) is 13.8 Å². The van der Waals surface area contributed by atoms with Gasteiger partial charge in [0.05, 0.1) is 12.8 Å². The smallest absolute Gasteiger partial charge is 0.183 e. The number of nitrogens with one attached hydrogen (secondary N) is 1. The summed E-state index contributed by atoms with van der Waals surface area (Å²) in [6.07, 6.45) is 0. The number of nitrogens with zero attached hydrogens (tertiary/aromatic N) is 2. The highest BCUT2D eigenvalue weighted by Gasteiger charge is 2.13. The summed E-state index contributed by atoms with van der Waals surface area (Å²) in [4.78, 5) is 8.91. The molecule has 3 rings (SSSR count). The van der Waals surface area contributed by atoms with Gasteiger partial charge in [0, 0.05) is 37.1 Å².